The molecule has 5 nitrogen and oxygen atoms in total. The van der Waals surface area contributed by atoms with Crippen LogP contribution in [0.5, 0.6) is 0 Å². The SMILES string of the molecule is CCNC(=NCC(C)CN1CCN(C)CC1)NC(C)c1ccc(C)c(F)c1. The van der Waals surface area contributed by atoms with Gasteiger partial charge in [0.2, 0.25) is 0 Å². The Balaban J connectivity index is 1.89. The molecule has 0 saturated carbocycles. The highest BCUT2D eigenvalue weighted by atomic mass is 19.1. The monoisotopic (exact) mass is 377 g/mol. The third-order valence-corrected chi connectivity index (χ3v) is 5.12. The van der Waals surface area contributed by atoms with Gasteiger partial charge in [0.15, 0.2) is 5.96 Å². The minimum Gasteiger partial charge on any atom is -0.357 e. The molecular weight excluding hydrogens is 341 g/mol. The van der Waals surface area contributed by atoms with Crippen molar-refractivity contribution in [2.75, 3.05) is 52.9 Å². The largest absolute Gasteiger partial charge is 0.357 e. The molecule has 1 aromatic rings. The number of hydrogen-bond donors (Lipinski definition) is 2. The van der Waals surface area contributed by atoms with Gasteiger partial charge in [0.25, 0.3) is 0 Å². The quantitative estimate of drug-likeness (QED) is 0.566. The van der Waals surface area contributed by atoms with Gasteiger partial charge in [0.1, 0.15) is 5.82 Å². The molecule has 1 heterocycles. The van der Waals surface area contributed by atoms with Crippen LogP contribution in [0.2, 0.25) is 0 Å². The fraction of sp³-hybridized carbons (Fsp3) is 0.667. The molecule has 0 bridgehead atoms. The standard InChI is InChI=1S/C21H36FN5/c1-6-23-21(25-18(4)19-8-7-17(3)20(22)13-19)24-14-16(2)15-27-11-9-26(5)10-12-27/h7-8,13,16,18H,6,9-12,14-15H2,1-5H3,(H2,23,24,25). The highest BCUT2D eigenvalue weighted by Crippen LogP contribution is 2.16. The maximum Gasteiger partial charge on any atom is 0.191 e. The number of likely N-dealkylation sites (N-methyl/N-ethyl adjacent to an activating group) is 1. The van der Waals surface area contributed by atoms with E-state index in [1.165, 1.54) is 0 Å². The van der Waals surface area contributed by atoms with Crippen molar-refractivity contribution in [2.24, 2.45) is 10.9 Å². The van der Waals surface area contributed by atoms with Crippen LogP contribution in [0.1, 0.15) is 37.9 Å². The van der Waals surface area contributed by atoms with E-state index >= 15 is 0 Å². The summed E-state index contributed by atoms with van der Waals surface area (Å²) in [5.74, 6) is 1.12. The lowest BCUT2D eigenvalue weighted by molar-refractivity contribution is 0.140. The second kappa shape index (κ2) is 10.6. The summed E-state index contributed by atoms with van der Waals surface area (Å²) in [6, 6.07) is 5.39. The first-order valence-corrected chi connectivity index (χ1v) is 10.1. The van der Waals surface area contributed by atoms with Crippen LogP contribution < -0.4 is 10.6 Å². The zero-order valence-electron chi connectivity index (χ0n) is 17.6. The molecule has 6 heteroatoms. The summed E-state index contributed by atoms with van der Waals surface area (Å²) in [5.41, 5.74) is 1.60. The lowest BCUT2D eigenvalue weighted by atomic mass is 10.1. The van der Waals surface area contributed by atoms with Gasteiger partial charge < -0.3 is 20.4 Å². The molecule has 1 aliphatic heterocycles. The zero-order valence-corrected chi connectivity index (χ0v) is 17.6. The summed E-state index contributed by atoms with van der Waals surface area (Å²) in [6.45, 7) is 15.3. The number of aliphatic imine (C=N–C) groups is 1. The average molecular weight is 378 g/mol. The molecule has 27 heavy (non-hydrogen) atoms. The minimum absolute atomic E-state index is 0.00848. The molecule has 2 unspecified atom stereocenters. The van der Waals surface area contributed by atoms with Gasteiger partial charge in [0.05, 0.1) is 6.04 Å². The predicted molar refractivity (Wildman–Crippen MR) is 112 cm³/mol. The summed E-state index contributed by atoms with van der Waals surface area (Å²) < 4.78 is 13.8. The number of hydrogen-bond acceptors (Lipinski definition) is 3. The molecule has 0 spiro atoms. The van der Waals surface area contributed by atoms with E-state index in [-0.39, 0.29) is 11.9 Å². The molecule has 0 aliphatic carbocycles. The van der Waals surface area contributed by atoms with E-state index in [1.54, 1.807) is 13.0 Å². The van der Waals surface area contributed by atoms with Crippen molar-refractivity contribution in [3.8, 4) is 0 Å². The lowest BCUT2D eigenvalue weighted by Crippen LogP contribution is -2.46. The summed E-state index contributed by atoms with van der Waals surface area (Å²) in [7, 11) is 2.18. The van der Waals surface area contributed by atoms with Crippen LogP contribution in [0, 0.1) is 18.7 Å². The molecule has 2 N–H and O–H groups in total. The highest BCUT2D eigenvalue weighted by Gasteiger charge is 2.16. The number of guanidine groups is 1. The topological polar surface area (TPSA) is 42.9 Å². The number of halogens is 1. The molecule has 0 aromatic heterocycles. The van der Waals surface area contributed by atoms with E-state index in [0.717, 1.165) is 57.3 Å². The molecule has 1 aliphatic rings. The van der Waals surface area contributed by atoms with Crippen LogP contribution in [0.15, 0.2) is 23.2 Å². The van der Waals surface area contributed by atoms with E-state index in [9.17, 15) is 4.39 Å². The summed E-state index contributed by atoms with van der Waals surface area (Å²) >= 11 is 0. The Kier molecular flexibility index (Phi) is 8.51. The number of benzene rings is 1. The smallest absolute Gasteiger partial charge is 0.191 e. The third-order valence-electron chi connectivity index (χ3n) is 5.12. The van der Waals surface area contributed by atoms with Gasteiger partial charge in [-0.25, -0.2) is 4.39 Å². The van der Waals surface area contributed by atoms with Crippen molar-refractivity contribution in [1.82, 2.24) is 20.4 Å². The maximum absolute atomic E-state index is 13.8. The summed E-state index contributed by atoms with van der Waals surface area (Å²) in [6.07, 6.45) is 0. The van der Waals surface area contributed by atoms with E-state index < -0.39 is 0 Å². The predicted octanol–water partition coefficient (Wildman–Crippen LogP) is 2.63. The summed E-state index contributed by atoms with van der Waals surface area (Å²) in [5, 5.41) is 6.70. The molecular formula is C21H36FN5. The molecule has 2 rings (SSSR count). The third kappa shape index (κ3) is 7.11. The Bertz CT molecular complexity index is 611. The fourth-order valence-electron chi connectivity index (χ4n) is 3.26. The molecule has 2 atom stereocenters. The highest BCUT2D eigenvalue weighted by molar-refractivity contribution is 5.80. The van der Waals surface area contributed by atoms with Crippen molar-refractivity contribution in [3.63, 3.8) is 0 Å². The van der Waals surface area contributed by atoms with Gasteiger partial charge >= 0.3 is 0 Å². The van der Waals surface area contributed by atoms with E-state index in [0.29, 0.717) is 11.5 Å². The first-order valence-electron chi connectivity index (χ1n) is 10.1. The minimum atomic E-state index is -0.163. The fourth-order valence-corrected chi connectivity index (χ4v) is 3.26. The van der Waals surface area contributed by atoms with Crippen LogP contribution in [0.4, 0.5) is 4.39 Å². The second-order valence-electron chi connectivity index (χ2n) is 7.80. The van der Waals surface area contributed by atoms with Gasteiger partial charge in [-0.1, -0.05) is 19.1 Å². The average Bonchev–Trinajstić information content (AvgIpc) is 2.64. The van der Waals surface area contributed by atoms with Gasteiger partial charge in [-0.3, -0.25) is 4.99 Å². The Morgan fingerprint density at radius 3 is 2.56 bits per heavy atom. The van der Waals surface area contributed by atoms with Crippen LogP contribution >= 0.6 is 0 Å². The van der Waals surface area contributed by atoms with Crippen molar-refractivity contribution >= 4 is 5.96 Å². The molecule has 1 fully saturated rings. The van der Waals surface area contributed by atoms with Crippen molar-refractivity contribution in [2.45, 2.75) is 33.7 Å². The van der Waals surface area contributed by atoms with Gasteiger partial charge in [-0.05, 0) is 50.9 Å². The number of nitrogens with zero attached hydrogens (tertiary/aromatic N) is 3. The van der Waals surface area contributed by atoms with Gasteiger partial charge in [-0.2, -0.15) is 0 Å². The second-order valence-corrected chi connectivity index (χ2v) is 7.80. The molecule has 0 amide bonds. The Hall–Kier alpha value is -1.66. The Morgan fingerprint density at radius 1 is 1.22 bits per heavy atom. The van der Waals surface area contributed by atoms with Crippen LogP contribution in [0.25, 0.3) is 0 Å². The van der Waals surface area contributed by atoms with Crippen LogP contribution in [-0.2, 0) is 0 Å². The van der Waals surface area contributed by atoms with Crippen LogP contribution in [-0.4, -0.2) is 68.6 Å². The number of piperazine rings is 1. The van der Waals surface area contributed by atoms with Gasteiger partial charge in [0, 0.05) is 45.8 Å². The van der Waals surface area contributed by atoms with Crippen molar-refractivity contribution < 1.29 is 4.39 Å². The molecule has 152 valence electrons. The van der Waals surface area contributed by atoms with Crippen molar-refractivity contribution in [3.05, 3.63) is 35.1 Å². The number of aryl methyl sites for hydroxylation is 1. The molecule has 1 saturated heterocycles. The number of rotatable bonds is 7. The summed E-state index contributed by atoms with van der Waals surface area (Å²) in [4.78, 5) is 9.67. The Labute approximate surface area is 164 Å². The molecule has 1 aromatic carbocycles. The maximum atomic E-state index is 13.8. The molecule has 0 radical (unpaired) electrons. The van der Waals surface area contributed by atoms with Gasteiger partial charge in [-0.15, -0.1) is 0 Å². The van der Waals surface area contributed by atoms with E-state index in [1.807, 2.05) is 19.1 Å². The van der Waals surface area contributed by atoms with Crippen molar-refractivity contribution in [1.29, 1.82) is 0 Å². The van der Waals surface area contributed by atoms with E-state index in [2.05, 4.69) is 41.3 Å². The first kappa shape index (κ1) is 21.6. The Morgan fingerprint density at radius 2 is 1.93 bits per heavy atom. The number of nitrogens with one attached hydrogen (secondary N) is 2. The first-order chi connectivity index (χ1) is 12.9. The van der Waals surface area contributed by atoms with E-state index in [4.69, 9.17) is 4.99 Å². The zero-order chi connectivity index (χ0) is 19.8. The lowest BCUT2D eigenvalue weighted by Gasteiger charge is -2.33. The normalized spacial score (nSPS) is 19.0. The van der Waals surface area contributed by atoms with Crippen LogP contribution in [0.3, 0.4) is 0 Å².